The van der Waals surface area contributed by atoms with Gasteiger partial charge < -0.3 is 9.05 Å². The maximum atomic E-state index is 13.5. The number of rotatable bonds is 9. The lowest BCUT2D eigenvalue weighted by Crippen LogP contribution is -2.20. The highest BCUT2D eigenvalue weighted by Crippen LogP contribution is 2.48. The zero-order valence-corrected chi connectivity index (χ0v) is 18.9. The summed E-state index contributed by atoms with van der Waals surface area (Å²) in [5.41, 5.74) is 0.448. The van der Waals surface area contributed by atoms with E-state index in [1.807, 2.05) is 30.3 Å². The summed E-state index contributed by atoms with van der Waals surface area (Å²) in [6.45, 7) is 18.4. The molecular weight excluding hydrogens is 343 g/mol. The number of hydrogen-bond acceptors (Lipinski definition) is 3. The Balaban J connectivity index is 2.80. The predicted molar refractivity (Wildman–Crippen MR) is 112 cm³/mol. The minimum atomic E-state index is -3.31. The van der Waals surface area contributed by atoms with Crippen molar-refractivity contribution in [3.05, 3.63) is 30.3 Å². The highest BCUT2D eigenvalue weighted by Gasteiger charge is 2.30. The molecule has 1 aromatic rings. The molecule has 0 N–H and O–H groups in total. The van der Waals surface area contributed by atoms with E-state index in [1.54, 1.807) is 0 Å². The van der Waals surface area contributed by atoms with Gasteiger partial charge in [0.1, 0.15) is 0 Å². The van der Waals surface area contributed by atoms with Gasteiger partial charge in [-0.15, -0.1) is 0 Å². The van der Waals surface area contributed by atoms with Crippen LogP contribution in [-0.2, 0) is 13.6 Å². The summed E-state index contributed by atoms with van der Waals surface area (Å²) in [5.74, 6) is 0.644. The Hall–Kier alpha value is -0.630. The molecule has 0 saturated carbocycles. The third-order valence-electron chi connectivity index (χ3n) is 4.05. The number of hydrogen-bond donors (Lipinski definition) is 0. The quantitative estimate of drug-likeness (QED) is 0.447. The lowest BCUT2D eigenvalue weighted by atomic mass is 9.86. The molecule has 0 aliphatic rings. The zero-order chi connectivity index (χ0) is 20.0. The average Bonchev–Trinajstić information content (AvgIpc) is 2.49. The molecule has 3 nitrogen and oxygen atoms in total. The number of benzene rings is 1. The van der Waals surface area contributed by atoms with Gasteiger partial charge in [-0.3, -0.25) is 4.57 Å². The first kappa shape index (κ1) is 23.4. The van der Waals surface area contributed by atoms with Crippen LogP contribution in [0.1, 0.15) is 68.2 Å². The van der Waals surface area contributed by atoms with E-state index >= 15 is 0 Å². The van der Waals surface area contributed by atoms with Crippen LogP contribution in [0.5, 0.6) is 0 Å². The third kappa shape index (κ3) is 9.35. The van der Waals surface area contributed by atoms with Gasteiger partial charge in [0.25, 0.3) is 0 Å². The lowest BCUT2D eigenvalue weighted by Gasteiger charge is -2.27. The molecule has 150 valence electrons. The molecule has 0 bridgehead atoms. The van der Waals surface area contributed by atoms with Gasteiger partial charge in [0.05, 0.1) is 18.5 Å². The first-order valence-electron chi connectivity index (χ1n) is 9.75. The van der Waals surface area contributed by atoms with Crippen molar-refractivity contribution in [3.8, 4) is 0 Å². The fourth-order valence-corrected chi connectivity index (χ4v) is 5.27. The van der Waals surface area contributed by atoms with Gasteiger partial charge >= 0.3 is 7.60 Å². The molecule has 26 heavy (non-hydrogen) atoms. The molecule has 0 aliphatic heterocycles. The Morgan fingerprint density at radius 2 is 1.19 bits per heavy atom. The molecule has 0 aromatic heterocycles. The van der Waals surface area contributed by atoms with Gasteiger partial charge in [0.15, 0.2) is 0 Å². The minimum absolute atomic E-state index is 0.224. The van der Waals surface area contributed by atoms with Crippen LogP contribution in [0.25, 0.3) is 0 Å². The summed E-state index contributed by atoms with van der Waals surface area (Å²) >= 11 is 0. The second-order valence-corrected chi connectivity index (χ2v) is 12.2. The van der Waals surface area contributed by atoms with Crippen LogP contribution >= 0.6 is 7.60 Å². The molecule has 2 unspecified atom stereocenters. The third-order valence-corrected chi connectivity index (χ3v) is 5.96. The van der Waals surface area contributed by atoms with Crippen LogP contribution < -0.4 is 5.30 Å². The summed E-state index contributed by atoms with van der Waals surface area (Å²) in [6, 6.07) is 9.35. The van der Waals surface area contributed by atoms with Crippen molar-refractivity contribution in [3.63, 3.8) is 0 Å². The van der Waals surface area contributed by atoms with Crippen molar-refractivity contribution in [1.82, 2.24) is 0 Å². The van der Waals surface area contributed by atoms with Crippen molar-refractivity contribution >= 4 is 12.9 Å². The van der Waals surface area contributed by atoms with Crippen LogP contribution in [0.15, 0.2) is 30.3 Å². The van der Waals surface area contributed by atoms with Crippen molar-refractivity contribution in [2.45, 2.75) is 68.2 Å². The second kappa shape index (κ2) is 9.53. The second-order valence-electron chi connectivity index (χ2n) is 10.2. The molecule has 0 radical (unpaired) electrons. The minimum Gasteiger partial charge on any atom is -0.305 e. The Kier molecular flexibility index (Phi) is 8.58. The molecular formula is C22H39O3P. The zero-order valence-electron chi connectivity index (χ0n) is 18.0. The lowest BCUT2D eigenvalue weighted by molar-refractivity contribution is 0.147. The normalized spacial score (nSPS) is 17.5. The maximum absolute atomic E-state index is 13.5. The van der Waals surface area contributed by atoms with Gasteiger partial charge in [0, 0.05) is 0 Å². The molecule has 0 heterocycles. The molecule has 1 rings (SSSR count). The first-order valence-corrected chi connectivity index (χ1v) is 11.3. The molecule has 0 fully saturated rings. The molecule has 0 aliphatic carbocycles. The standard InChI is InChI=1S/C22H39O3P/c1-18(14-21(3,4)5)16-24-26(23,20-12-10-9-11-13-20)25-17-19(2)15-22(6,7)8/h9-13,18-19H,14-17H2,1-8H3. The van der Waals surface area contributed by atoms with E-state index in [2.05, 4.69) is 55.4 Å². The van der Waals surface area contributed by atoms with Gasteiger partial charge in [0.2, 0.25) is 0 Å². The van der Waals surface area contributed by atoms with Crippen LogP contribution in [0.4, 0.5) is 0 Å². The largest absolute Gasteiger partial charge is 0.361 e. The highest BCUT2D eigenvalue weighted by molar-refractivity contribution is 7.62. The van der Waals surface area contributed by atoms with E-state index in [9.17, 15) is 4.57 Å². The molecule has 1 aromatic carbocycles. The molecule has 2 atom stereocenters. The van der Waals surface area contributed by atoms with E-state index in [-0.39, 0.29) is 10.8 Å². The summed E-state index contributed by atoms with van der Waals surface area (Å²) in [6.07, 6.45) is 2.03. The average molecular weight is 383 g/mol. The topological polar surface area (TPSA) is 35.5 Å². The van der Waals surface area contributed by atoms with E-state index in [0.29, 0.717) is 30.4 Å². The Morgan fingerprint density at radius 3 is 1.54 bits per heavy atom. The maximum Gasteiger partial charge on any atom is 0.361 e. The monoisotopic (exact) mass is 382 g/mol. The van der Waals surface area contributed by atoms with Crippen molar-refractivity contribution in [2.75, 3.05) is 13.2 Å². The SMILES string of the molecule is CC(COP(=O)(OCC(C)CC(C)(C)C)c1ccccc1)CC(C)(C)C. The van der Waals surface area contributed by atoms with Crippen molar-refractivity contribution in [1.29, 1.82) is 0 Å². The van der Waals surface area contributed by atoms with Gasteiger partial charge in [-0.05, 0) is 47.6 Å². The molecule has 0 saturated heterocycles. The van der Waals surface area contributed by atoms with E-state index in [0.717, 1.165) is 12.8 Å². The summed E-state index contributed by atoms with van der Waals surface area (Å²) in [7, 11) is -3.31. The van der Waals surface area contributed by atoms with E-state index in [1.165, 1.54) is 0 Å². The summed E-state index contributed by atoms with van der Waals surface area (Å²) in [4.78, 5) is 0. The Bertz CT molecular complexity index is 539. The fraction of sp³-hybridized carbons (Fsp3) is 0.727. The smallest absolute Gasteiger partial charge is 0.305 e. The van der Waals surface area contributed by atoms with Crippen molar-refractivity contribution < 1.29 is 13.6 Å². The molecule has 0 amide bonds. The fourth-order valence-electron chi connectivity index (χ4n) is 3.46. The molecule has 0 spiro atoms. The van der Waals surface area contributed by atoms with Gasteiger partial charge in [-0.25, -0.2) is 0 Å². The van der Waals surface area contributed by atoms with Gasteiger partial charge in [-0.2, -0.15) is 0 Å². The van der Waals surface area contributed by atoms with Crippen LogP contribution in [0.3, 0.4) is 0 Å². The van der Waals surface area contributed by atoms with E-state index in [4.69, 9.17) is 9.05 Å². The van der Waals surface area contributed by atoms with Crippen molar-refractivity contribution in [2.24, 2.45) is 22.7 Å². The van der Waals surface area contributed by atoms with Crippen LogP contribution in [0.2, 0.25) is 0 Å². The molecule has 4 heteroatoms. The van der Waals surface area contributed by atoms with Crippen LogP contribution in [0, 0.1) is 22.7 Å². The van der Waals surface area contributed by atoms with Crippen LogP contribution in [-0.4, -0.2) is 13.2 Å². The van der Waals surface area contributed by atoms with Gasteiger partial charge in [-0.1, -0.05) is 73.6 Å². The summed E-state index contributed by atoms with van der Waals surface area (Å²) in [5, 5.41) is 0.644. The highest BCUT2D eigenvalue weighted by atomic mass is 31.2. The first-order chi connectivity index (χ1) is 11.8. The predicted octanol–water partition coefficient (Wildman–Crippen LogP) is 6.68. The Labute approximate surface area is 161 Å². The Morgan fingerprint density at radius 1 is 0.808 bits per heavy atom. The van der Waals surface area contributed by atoms with E-state index < -0.39 is 7.60 Å². The summed E-state index contributed by atoms with van der Waals surface area (Å²) < 4.78 is 25.4.